The molecule has 1 rings (SSSR count). The lowest BCUT2D eigenvalue weighted by Gasteiger charge is -2.20. The fourth-order valence-electron chi connectivity index (χ4n) is 1.82. The molecule has 0 fully saturated rings. The van der Waals surface area contributed by atoms with E-state index in [4.69, 9.17) is 34.8 Å². The number of rotatable bonds is 0. The molecule has 1 atom stereocenters. The quantitative estimate of drug-likeness (QED) is 0.539. The Morgan fingerprint density at radius 2 is 1.46 bits per heavy atom. The normalized spacial score (nSPS) is 24.7. The summed E-state index contributed by atoms with van der Waals surface area (Å²) in [5.41, 5.74) is 4.62. The van der Waals surface area contributed by atoms with Gasteiger partial charge in [-0.05, 0) is 37.5 Å². The number of hydrogen-bond donors (Lipinski definition) is 0. The standard InChI is InChI=1S/C10H13Cl3/c1-5-6(2)8(4)9(7(5)3)10(11,12)13/h7H,1-4H3. The molecular formula is C10H13Cl3. The zero-order valence-electron chi connectivity index (χ0n) is 8.21. The summed E-state index contributed by atoms with van der Waals surface area (Å²) in [6.45, 7) is 8.25. The second kappa shape index (κ2) is 3.49. The lowest BCUT2D eigenvalue weighted by molar-refractivity contribution is 0.793. The lowest BCUT2D eigenvalue weighted by Crippen LogP contribution is -2.13. The van der Waals surface area contributed by atoms with Crippen LogP contribution in [-0.4, -0.2) is 3.79 Å². The first kappa shape index (κ1) is 11.4. The molecular weight excluding hydrogens is 226 g/mol. The van der Waals surface area contributed by atoms with Crippen molar-refractivity contribution in [2.24, 2.45) is 5.92 Å². The predicted molar refractivity (Wildman–Crippen MR) is 60.5 cm³/mol. The summed E-state index contributed by atoms with van der Waals surface area (Å²) in [4.78, 5) is 0. The molecule has 1 aliphatic carbocycles. The number of halogens is 3. The molecule has 0 aliphatic heterocycles. The van der Waals surface area contributed by atoms with E-state index in [1.807, 2.05) is 6.92 Å². The predicted octanol–water partition coefficient (Wildman–Crippen LogP) is 4.66. The molecule has 0 heterocycles. The van der Waals surface area contributed by atoms with Crippen molar-refractivity contribution in [2.45, 2.75) is 31.5 Å². The topological polar surface area (TPSA) is 0 Å². The monoisotopic (exact) mass is 238 g/mol. The third-order valence-electron chi connectivity index (χ3n) is 2.95. The Balaban J connectivity index is 3.19. The van der Waals surface area contributed by atoms with Crippen LogP contribution in [0.25, 0.3) is 0 Å². The highest BCUT2D eigenvalue weighted by atomic mass is 35.6. The zero-order valence-corrected chi connectivity index (χ0v) is 10.5. The summed E-state index contributed by atoms with van der Waals surface area (Å²) < 4.78 is -1.26. The Morgan fingerprint density at radius 3 is 1.62 bits per heavy atom. The molecule has 74 valence electrons. The molecule has 0 aromatic heterocycles. The van der Waals surface area contributed by atoms with E-state index in [9.17, 15) is 0 Å². The summed E-state index contributed by atoms with van der Waals surface area (Å²) in [6, 6.07) is 0. The molecule has 1 aliphatic rings. The van der Waals surface area contributed by atoms with Crippen LogP contribution in [0.1, 0.15) is 27.7 Å². The molecule has 0 aromatic rings. The first-order chi connectivity index (χ1) is 5.76. The van der Waals surface area contributed by atoms with Gasteiger partial charge in [0.2, 0.25) is 3.79 Å². The first-order valence-corrected chi connectivity index (χ1v) is 5.36. The van der Waals surface area contributed by atoms with Gasteiger partial charge in [-0.2, -0.15) is 0 Å². The third kappa shape index (κ3) is 1.91. The van der Waals surface area contributed by atoms with E-state index in [0.717, 1.165) is 11.1 Å². The second-order valence-electron chi connectivity index (χ2n) is 3.57. The van der Waals surface area contributed by atoms with Crippen molar-refractivity contribution in [2.75, 3.05) is 0 Å². The average Bonchev–Trinajstić information content (AvgIpc) is 2.14. The molecule has 0 spiro atoms. The van der Waals surface area contributed by atoms with Gasteiger partial charge >= 0.3 is 0 Å². The maximum absolute atomic E-state index is 5.91. The molecule has 0 radical (unpaired) electrons. The van der Waals surface area contributed by atoms with E-state index in [1.54, 1.807) is 0 Å². The van der Waals surface area contributed by atoms with E-state index < -0.39 is 3.79 Å². The van der Waals surface area contributed by atoms with Gasteiger partial charge in [0.05, 0.1) is 0 Å². The molecule has 0 saturated carbocycles. The third-order valence-corrected chi connectivity index (χ3v) is 3.56. The summed E-state index contributed by atoms with van der Waals surface area (Å²) in [5.74, 6) is 0.257. The Hall–Kier alpha value is 0.350. The average molecular weight is 240 g/mol. The van der Waals surface area contributed by atoms with Crippen LogP contribution in [0.15, 0.2) is 22.3 Å². The Bertz CT molecular complexity index is 292. The van der Waals surface area contributed by atoms with Crippen molar-refractivity contribution in [1.29, 1.82) is 0 Å². The van der Waals surface area contributed by atoms with Crippen molar-refractivity contribution in [3.8, 4) is 0 Å². The summed E-state index contributed by atoms with van der Waals surface area (Å²) in [5, 5.41) is 0. The van der Waals surface area contributed by atoms with Gasteiger partial charge in [-0.15, -0.1) is 0 Å². The lowest BCUT2D eigenvalue weighted by atomic mass is 9.99. The molecule has 3 heteroatoms. The number of allylic oxidation sites excluding steroid dienone is 4. The fraction of sp³-hybridized carbons (Fsp3) is 0.600. The van der Waals surface area contributed by atoms with Gasteiger partial charge in [-0.1, -0.05) is 47.3 Å². The highest BCUT2D eigenvalue weighted by Crippen LogP contribution is 2.48. The van der Waals surface area contributed by atoms with Crippen LogP contribution in [0, 0.1) is 5.92 Å². The van der Waals surface area contributed by atoms with Crippen LogP contribution < -0.4 is 0 Å². The minimum atomic E-state index is -1.26. The molecule has 0 N–H and O–H groups in total. The van der Waals surface area contributed by atoms with Gasteiger partial charge < -0.3 is 0 Å². The highest BCUT2D eigenvalue weighted by Gasteiger charge is 2.36. The first-order valence-electron chi connectivity index (χ1n) is 4.22. The van der Waals surface area contributed by atoms with Gasteiger partial charge in [-0.3, -0.25) is 0 Å². The van der Waals surface area contributed by atoms with E-state index >= 15 is 0 Å². The van der Waals surface area contributed by atoms with Gasteiger partial charge in [0.15, 0.2) is 0 Å². The Kier molecular flexibility index (Phi) is 3.07. The Labute approximate surface area is 94.5 Å². The van der Waals surface area contributed by atoms with E-state index in [0.29, 0.717) is 0 Å². The molecule has 13 heavy (non-hydrogen) atoms. The smallest absolute Gasteiger partial charge is 0.0787 e. The molecule has 0 bridgehead atoms. The van der Waals surface area contributed by atoms with E-state index in [2.05, 4.69) is 20.8 Å². The molecule has 0 aromatic carbocycles. The minimum absolute atomic E-state index is 0.257. The SMILES string of the molecule is CC1=C(C)C(C)C(C(Cl)(Cl)Cl)=C1C. The molecule has 0 nitrogen and oxygen atoms in total. The summed E-state index contributed by atoms with van der Waals surface area (Å²) in [7, 11) is 0. The fourth-order valence-corrected chi connectivity index (χ4v) is 2.74. The summed E-state index contributed by atoms with van der Waals surface area (Å²) >= 11 is 17.7. The molecule has 0 saturated heterocycles. The molecule has 1 unspecified atom stereocenters. The van der Waals surface area contributed by atoms with Crippen LogP contribution >= 0.6 is 34.8 Å². The minimum Gasteiger partial charge on any atom is -0.0787 e. The summed E-state index contributed by atoms with van der Waals surface area (Å²) in [6.07, 6.45) is 0. The second-order valence-corrected chi connectivity index (χ2v) is 5.85. The maximum Gasteiger partial charge on any atom is 0.213 e. The van der Waals surface area contributed by atoms with Crippen LogP contribution in [0.3, 0.4) is 0 Å². The number of alkyl halides is 3. The zero-order chi connectivity index (χ0) is 10.4. The van der Waals surface area contributed by atoms with Crippen LogP contribution in [0.4, 0.5) is 0 Å². The largest absolute Gasteiger partial charge is 0.213 e. The van der Waals surface area contributed by atoms with E-state index in [-0.39, 0.29) is 5.92 Å². The van der Waals surface area contributed by atoms with Gasteiger partial charge in [0, 0.05) is 5.92 Å². The molecule has 0 amide bonds. The van der Waals surface area contributed by atoms with Crippen molar-refractivity contribution in [1.82, 2.24) is 0 Å². The van der Waals surface area contributed by atoms with Gasteiger partial charge in [-0.25, -0.2) is 0 Å². The van der Waals surface area contributed by atoms with Gasteiger partial charge in [0.1, 0.15) is 0 Å². The maximum atomic E-state index is 5.91. The van der Waals surface area contributed by atoms with Crippen LogP contribution in [0.2, 0.25) is 0 Å². The van der Waals surface area contributed by atoms with Crippen molar-refractivity contribution < 1.29 is 0 Å². The van der Waals surface area contributed by atoms with E-state index in [1.165, 1.54) is 11.1 Å². The van der Waals surface area contributed by atoms with Crippen LogP contribution in [0.5, 0.6) is 0 Å². The van der Waals surface area contributed by atoms with Crippen molar-refractivity contribution in [3.05, 3.63) is 22.3 Å². The van der Waals surface area contributed by atoms with Crippen molar-refractivity contribution >= 4 is 34.8 Å². The Morgan fingerprint density at radius 1 is 1.00 bits per heavy atom. The van der Waals surface area contributed by atoms with Crippen LogP contribution in [-0.2, 0) is 0 Å². The number of hydrogen-bond acceptors (Lipinski definition) is 0. The highest BCUT2D eigenvalue weighted by molar-refractivity contribution is 6.69. The van der Waals surface area contributed by atoms with Crippen molar-refractivity contribution in [3.63, 3.8) is 0 Å². The van der Waals surface area contributed by atoms with Gasteiger partial charge in [0.25, 0.3) is 0 Å².